The van der Waals surface area contributed by atoms with Crippen LogP contribution in [0.25, 0.3) is 0 Å². The Morgan fingerprint density at radius 2 is 2.24 bits per heavy atom. The normalized spacial score (nSPS) is 11.4. The molecule has 1 rings (SSSR count). The lowest BCUT2D eigenvalue weighted by Crippen LogP contribution is -2.03. The Kier molecular flexibility index (Phi) is 4.69. The first kappa shape index (κ1) is 13.2. The molecule has 0 bridgehead atoms. The average molecular weight is 238 g/mol. The molecule has 0 aliphatic heterocycles. The van der Waals surface area contributed by atoms with Gasteiger partial charge in [-0.3, -0.25) is 0 Å². The third kappa shape index (κ3) is 3.90. The van der Waals surface area contributed by atoms with Crippen LogP contribution in [0.2, 0.25) is 0 Å². The first-order valence-corrected chi connectivity index (χ1v) is 5.36. The highest BCUT2D eigenvalue weighted by atomic mass is 19.1. The van der Waals surface area contributed by atoms with E-state index in [0.717, 1.165) is 0 Å². The number of aliphatic carboxylic acids is 1. The Labute approximate surface area is 99.5 Å². The summed E-state index contributed by atoms with van der Waals surface area (Å²) in [7, 11) is 0. The quantitative estimate of drug-likeness (QED) is 0.802. The summed E-state index contributed by atoms with van der Waals surface area (Å²) in [6, 6.07) is 4.56. The zero-order valence-corrected chi connectivity index (χ0v) is 9.87. The number of aryl methyl sites for hydroxylation is 1. The van der Waals surface area contributed by atoms with E-state index in [2.05, 4.69) is 0 Å². The van der Waals surface area contributed by atoms with Crippen molar-refractivity contribution < 1.29 is 19.0 Å². The number of carbonyl (C=O) groups is 1. The third-order valence-electron chi connectivity index (χ3n) is 2.38. The molecule has 1 aromatic carbocycles. The maximum absolute atomic E-state index is 13.2. The number of ether oxygens (including phenoxy) is 1. The number of rotatable bonds is 5. The maximum atomic E-state index is 13.2. The van der Waals surface area contributed by atoms with Gasteiger partial charge in [-0.05, 0) is 31.1 Å². The van der Waals surface area contributed by atoms with Crippen molar-refractivity contribution >= 4 is 5.97 Å². The Morgan fingerprint density at radius 3 is 2.76 bits per heavy atom. The molecule has 0 spiro atoms. The average Bonchev–Trinajstić information content (AvgIpc) is 2.28. The number of carboxylic acids is 1. The second-order valence-corrected chi connectivity index (χ2v) is 3.61. The Hall–Kier alpha value is -1.84. The van der Waals surface area contributed by atoms with Crippen LogP contribution in [0.1, 0.15) is 18.9 Å². The van der Waals surface area contributed by atoms with E-state index < -0.39 is 5.97 Å². The predicted octanol–water partition coefficient (Wildman–Crippen LogP) is 2.93. The minimum Gasteiger partial charge on any atom is -0.489 e. The van der Waals surface area contributed by atoms with Gasteiger partial charge in [0.2, 0.25) is 0 Å². The molecule has 0 saturated heterocycles. The van der Waals surface area contributed by atoms with Crippen LogP contribution >= 0.6 is 0 Å². The minimum absolute atomic E-state index is 0.123. The highest BCUT2D eigenvalue weighted by molar-refractivity contribution is 5.86. The molecule has 0 aliphatic rings. The molecule has 0 unspecified atom stereocenters. The van der Waals surface area contributed by atoms with Crippen molar-refractivity contribution in [1.29, 1.82) is 0 Å². The molecule has 0 atom stereocenters. The van der Waals surface area contributed by atoms with Crippen LogP contribution in [0.3, 0.4) is 0 Å². The standard InChI is InChI=1S/C13H15FO3/c1-3-10(13(15)16)6-7-17-11-5-4-9(2)12(14)8-11/h4-6,8H,3,7H2,1-2H3,(H,15,16)/b10-6-. The Balaban J connectivity index is 2.61. The number of hydrogen-bond donors (Lipinski definition) is 1. The molecule has 0 amide bonds. The summed E-state index contributed by atoms with van der Waals surface area (Å²) in [5.74, 6) is -0.892. The third-order valence-corrected chi connectivity index (χ3v) is 2.38. The van der Waals surface area contributed by atoms with Crippen molar-refractivity contribution in [2.75, 3.05) is 6.61 Å². The molecule has 0 aliphatic carbocycles. The van der Waals surface area contributed by atoms with Crippen LogP contribution in [-0.2, 0) is 4.79 Å². The monoisotopic (exact) mass is 238 g/mol. The van der Waals surface area contributed by atoms with E-state index in [1.54, 1.807) is 26.0 Å². The van der Waals surface area contributed by atoms with E-state index in [4.69, 9.17) is 9.84 Å². The summed E-state index contributed by atoms with van der Waals surface area (Å²) in [6.45, 7) is 3.54. The van der Waals surface area contributed by atoms with Crippen molar-refractivity contribution in [3.63, 3.8) is 0 Å². The Bertz CT molecular complexity index is 438. The van der Waals surface area contributed by atoms with Gasteiger partial charge in [0.25, 0.3) is 0 Å². The second kappa shape index (κ2) is 6.03. The fourth-order valence-corrected chi connectivity index (χ4v) is 1.28. The predicted molar refractivity (Wildman–Crippen MR) is 62.6 cm³/mol. The molecule has 0 aromatic heterocycles. The van der Waals surface area contributed by atoms with Gasteiger partial charge >= 0.3 is 5.97 Å². The van der Waals surface area contributed by atoms with Crippen LogP contribution in [0.15, 0.2) is 29.8 Å². The minimum atomic E-state index is -0.953. The lowest BCUT2D eigenvalue weighted by atomic mass is 10.2. The van der Waals surface area contributed by atoms with Crippen LogP contribution in [0.5, 0.6) is 5.75 Å². The Morgan fingerprint density at radius 1 is 1.53 bits per heavy atom. The van der Waals surface area contributed by atoms with Crippen molar-refractivity contribution in [2.45, 2.75) is 20.3 Å². The molecule has 0 fully saturated rings. The molecule has 1 N–H and O–H groups in total. The van der Waals surface area contributed by atoms with Gasteiger partial charge in [-0.1, -0.05) is 13.0 Å². The zero-order valence-electron chi connectivity index (χ0n) is 9.87. The first-order valence-electron chi connectivity index (χ1n) is 5.36. The van der Waals surface area contributed by atoms with Gasteiger partial charge < -0.3 is 9.84 Å². The largest absolute Gasteiger partial charge is 0.489 e. The molecule has 4 heteroatoms. The zero-order chi connectivity index (χ0) is 12.8. The van der Waals surface area contributed by atoms with Crippen molar-refractivity contribution in [3.8, 4) is 5.75 Å². The van der Waals surface area contributed by atoms with Crippen LogP contribution < -0.4 is 4.74 Å². The summed E-state index contributed by atoms with van der Waals surface area (Å²) in [5.41, 5.74) is 0.838. The smallest absolute Gasteiger partial charge is 0.331 e. The lowest BCUT2D eigenvalue weighted by molar-refractivity contribution is -0.132. The van der Waals surface area contributed by atoms with Gasteiger partial charge in [0.05, 0.1) is 0 Å². The fourth-order valence-electron chi connectivity index (χ4n) is 1.28. The summed E-state index contributed by atoms with van der Waals surface area (Å²) >= 11 is 0. The van der Waals surface area contributed by atoms with E-state index in [9.17, 15) is 9.18 Å². The van der Waals surface area contributed by atoms with Gasteiger partial charge in [-0.25, -0.2) is 9.18 Å². The van der Waals surface area contributed by atoms with E-state index in [-0.39, 0.29) is 18.0 Å². The van der Waals surface area contributed by atoms with E-state index in [1.807, 2.05) is 0 Å². The molecule has 3 nitrogen and oxygen atoms in total. The van der Waals surface area contributed by atoms with Gasteiger partial charge in [-0.15, -0.1) is 0 Å². The van der Waals surface area contributed by atoms with Gasteiger partial charge in [0.15, 0.2) is 0 Å². The van der Waals surface area contributed by atoms with Crippen LogP contribution in [-0.4, -0.2) is 17.7 Å². The lowest BCUT2D eigenvalue weighted by Gasteiger charge is -2.05. The summed E-state index contributed by atoms with van der Waals surface area (Å²) in [4.78, 5) is 10.7. The molecule has 0 saturated carbocycles. The molecule has 1 aromatic rings. The summed E-state index contributed by atoms with van der Waals surface area (Å²) < 4.78 is 18.4. The topological polar surface area (TPSA) is 46.5 Å². The molecular weight excluding hydrogens is 223 g/mol. The van der Waals surface area contributed by atoms with E-state index in [1.165, 1.54) is 12.1 Å². The van der Waals surface area contributed by atoms with Gasteiger partial charge in [-0.2, -0.15) is 0 Å². The molecular formula is C13H15FO3. The number of benzene rings is 1. The number of hydrogen-bond acceptors (Lipinski definition) is 2. The SMILES string of the molecule is CC/C(=C/COc1ccc(C)c(F)c1)C(=O)O. The molecule has 0 radical (unpaired) electrons. The number of halogens is 1. The van der Waals surface area contributed by atoms with Crippen LogP contribution in [0, 0.1) is 12.7 Å². The summed E-state index contributed by atoms with van der Waals surface area (Å²) in [6.07, 6.45) is 1.92. The highest BCUT2D eigenvalue weighted by Crippen LogP contribution is 2.16. The number of carboxylic acid groups (broad SMARTS) is 1. The van der Waals surface area contributed by atoms with Crippen molar-refractivity contribution in [3.05, 3.63) is 41.2 Å². The van der Waals surface area contributed by atoms with Gasteiger partial charge in [0.1, 0.15) is 18.2 Å². The van der Waals surface area contributed by atoms with E-state index in [0.29, 0.717) is 17.7 Å². The summed E-state index contributed by atoms with van der Waals surface area (Å²) in [5, 5.41) is 8.77. The van der Waals surface area contributed by atoms with E-state index >= 15 is 0 Å². The van der Waals surface area contributed by atoms with Crippen molar-refractivity contribution in [1.82, 2.24) is 0 Å². The fraction of sp³-hybridized carbons (Fsp3) is 0.308. The van der Waals surface area contributed by atoms with Crippen LogP contribution in [0.4, 0.5) is 4.39 Å². The highest BCUT2D eigenvalue weighted by Gasteiger charge is 2.04. The van der Waals surface area contributed by atoms with Crippen molar-refractivity contribution in [2.24, 2.45) is 0 Å². The molecule has 17 heavy (non-hydrogen) atoms. The second-order valence-electron chi connectivity index (χ2n) is 3.61. The maximum Gasteiger partial charge on any atom is 0.331 e. The van der Waals surface area contributed by atoms with Gasteiger partial charge in [0, 0.05) is 11.6 Å². The molecule has 92 valence electrons. The molecule has 0 heterocycles. The first-order chi connectivity index (χ1) is 8.04.